The van der Waals surface area contributed by atoms with Crippen LogP contribution < -0.4 is 15.4 Å². The first-order chi connectivity index (χ1) is 12.2. The van der Waals surface area contributed by atoms with Gasteiger partial charge in [-0.15, -0.1) is 0 Å². The summed E-state index contributed by atoms with van der Waals surface area (Å²) in [6.07, 6.45) is 1.25. The van der Waals surface area contributed by atoms with E-state index in [1.807, 2.05) is 18.2 Å². The van der Waals surface area contributed by atoms with Gasteiger partial charge in [0.2, 0.25) is 0 Å². The lowest BCUT2D eigenvalue weighted by atomic mass is 10.2. The fourth-order valence-electron chi connectivity index (χ4n) is 3.00. The number of guanidine groups is 1. The zero-order chi connectivity index (χ0) is 17.9. The van der Waals surface area contributed by atoms with Crippen molar-refractivity contribution in [2.45, 2.75) is 19.9 Å². The number of ether oxygens (including phenoxy) is 1. The van der Waals surface area contributed by atoms with Gasteiger partial charge in [0.1, 0.15) is 5.75 Å². The Morgan fingerprint density at radius 2 is 2.00 bits per heavy atom. The number of methoxy groups -OCH3 is 1. The summed E-state index contributed by atoms with van der Waals surface area (Å²) in [5, 5.41) is 6.77. The third-order valence-corrected chi connectivity index (χ3v) is 4.48. The van der Waals surface area contributed by atoms with Crippen LogP contribution in [0.2, 0.25) is 0 Å². The van der Waals surface area contributed by atoms with Crippen molar-refractivity contribution in [1.82, 2.24) is 20.4 Å². The van der Waals surface area contributed by atoms with Crippen LogP contribution in [0.15, 0.2) is 29.3 Å². The van der Waals surface area contributed by atoms with E-state index in [1.54, 1.807) is 7.11 Å². The monoisotopic (exact) mass is 347 g/mol. The van der Waals surface area contributed by atoms with Crippen LogP contribution in [0.25, 0.3) is 0 Å². The number of aliphatic imine (C=N–C) groups is 1. The van der Waals surface area contributed by atoms with Crippen molar-refractivity contribution in [2.24, 2.45) is 4.99 Å². The largest absolute Gasteiger partial charge is 0.496 e. The van der Waals surface area contributed by atoms with Crippen molar-refractivity contribution in [3.63, 3.8) is 0 Å². The maximum absolute atomic E-state index is 5.40. The molecule has 2 N–H and O–H groups in total. The van der Waals surface area contributed by atoms with Gasteiger partial charge in [-0.25, -0.2) is 4.99 Å². The second-order valence-corrected chi connectivity index (χ2v) is 6.43. The first kappa shape index (κ1) is 19.5. The molecule has 1 aromatic carbocycles. The molecule has 1 aromatic rings. The molecule has 0 saturated carbocycles. The van der Waals surface area contributed by atoms with Gasteiger partial charge in [0.05, 0.1) is 13.7 Å². The number of nitrogens with one attached hydrogen (secondary N) is 2. The number of benzene rings is 1. The topological polar surface area (TPSA) is 52.1 Å². The molecule has 0 spiro atoms. The predicted molar refractivity (Wildman–Crippen MR) is 104 cm³/mol. The van der Waals surface area contributed by atoms with E-state index in [-0.39, 0.29) is 0 Å². The van der Waals surface area contributed by atoms with Gasteiger partial charge in [0.15, 0.2) is 5.96 Å². The lowest BCUT2D eigenvalue weighted by Crippen LogP contribution is -2.42. The molecule has 1 aliphatic heterocycles. The minimum absolute atomic E-state index is 0.605. The Morgan fingerprint density at radius 3 is 2.80 bits per heavy atom. The molecule has 140 valence electrons. The minimum Gasteiger partial charge on any atom is -0.496 e. The van der Waals surface area contributed by atoms with Crippen LogP contribution in [-0.2, 0) is 6.54 Å². The van der Waals surface area contributed by atoms with Crippen LogP contribution >= 0.6 is 0 Å². The minimum atomic E-state index is 0.605. The average molecular weight is 348 g/mol. The van der Waals surface area contributed by atoms with Crippen molar-refractivity contribution in [3.8, 4) is 5.75 Å². The molecule has 2 rings (SSSR count). The summed E-state index contributed by atoms with van der Waals surface area (Å²) in [7, 11) is 3.90. The summed E-state index contributed by atoms with van der Waals surface area (Å²) in [6, 6.07) is 8.03. The van der Waals surface area contributed by atoms with E-state index in [0.717, 1.165) is 50.0 Å². The highest BCUT2D eigenvalue weighted by atomic mass is 16.5. The normalized spacial score (nSPS) is 17.2. The molecule has 0 aliphatic carbocycles. The number of nitrogens with zero attached hydrogens (tertiary/aromatic N) is 3. The van der Waals surface area contributed by atoms with Crippen LogP contribution in [0.3, 0.4) is 0 Å². The van der Waals surface area contributed by atoms with Gasteiger partial charge in [-0.05, 0) is 39.5 Å². The fourth-order valence-corrected chi connectivity index (χ4v) is 3.00. The Kier molecular flexibility index (Phi) is 8.55. The Morgan fingerprint density at radius 1 is 1.16 bits per heavy atom. The highest BCUT2D eigenvalue weighted by molar-refractivity contribution is 5.79. The highest BCUT2D eigenvalue weighted by Crippen LogP contribution is 2.17. The molecule has 0 amide bonds. The van der Waals surface area contributed by atoms with E-state index in [2.05, 4.69) is 40.5 Å². The zero-order valence-corrected chi connectivity index (χ0v) is 15.9. The van der Waals surface area contributed by atoms with Crippen molar-refractivity contribution >= 4 is 5.96 Å². The van der Waals surface area contributed by atoms with Crippen LogP contribution in [0.4, 0.5) is 0 Å². The first-order valence-corrected chi connectivity index (χ1v) is 9.28. The lowest BCUT2D eigenvalue weighted by Gasteiger charge is -2.21. The average Bonchev–Trinajstić information content (AvgIpc) is 2.84. The van der Waals surface area contributed by atoms with E-state index < -0.39 is 0 Å². The molecule has 0 unspecified atom stereocenters. The second-order valence-electron chi connectivity index (χ2n) is 6.43. The van der Waals surface area contributed by atoms with E-state index in [0.29, 0.717) is 6.54 Å². The maximum Gasteiger partial charge on any atom is 0.191 e. The molecular weight excluding hydrogens is 314 g/mol. The van der Waals surface area contributed by atoms with E-state index >= 15 is 0 Å². The fraction of sp³-hybridized carbons (Fsp3) is 0.632. The number of para-hydroxylation sites is 1. The Bertz CT molecular complexity index is 534. The molecule has 0 atom stereocenters. The summed E-state index contributed by atoms with van der Waals surface area (Å²) in [6.45, 7) is 10.2. The molecule has 0 radical (unpaired) electrons. The predicted octanol–water partition coefficient (Wildman–Crippen LogP) is 1.39. The van der Waals surface area contributed by atoms with Crippen LogP contribution in [0.5, 0.6) is 5.75 Å². The summed E-state index contributed by atoms with van der Waals surface area (Å²) in [4.78, 5) is 9.63. The standard InChI is InChI=1S/C19H33N5O/c1-4-20-19(22-16-17-8-5-6-9-18(17)25-3)21-10-13-24-12-7-11-23(2)14-15-24/h5-6,8-9H,4,7,10-16H2,1-3H3,(H2,20,21,22). The SMILES string of the molecule is CCNC(=NCc1ccccc1OC)NCCN1CCCN(C)CC1. The van der Waals surface area contributed by atoms with Gasteiger partial charge < -0.3 is 25.2 Å². The van der Waals surface area contributed by atoms with Crippen molar-refractivity contribution in [2.75, 3.05) is 60.0 Å². The van der Waals surface area contributed by atoms with E-state index in [1.165, 1.54) is 19.5 Å². The Labute approximate surface area is 152 Å². The number of hydrogen-bond donors (Lipinski definition) is 2. The molecule has 1 aliphatic rings. The van der Waals surface area contributed by atoms with E-state index in [9.17, 15) is 0 Å². The van der Waals surface area contributed by atoms with Gasteiger partial charge >= 0.3 is 0 Å². The summed E-state index contributed by atoms with van der Waals surface area (Å²) >= 11 is 0. The second kappa shape index (κ2) is 10.9. The van der Waals surface area contributed by atoms with Crippen LogP contribution in [-0.4, -0.2) is 75.7 Å². The molecule has 1 fully saturated rings. The van der Waals surface area contributed by atoms with Gasteiger partial charge in [0.25, 0.3) is 0 Å². The van der Waals surface area contributed by atoms with Crippen LogP contribution in [0, 0.1) is 0 Å². The van der Waals surface area contributed by atoms with Gasteiger partial charge in [-0.1, -0.05) is 18.2 Å². The summed E-state index contributed by atoms with van der Waals surface area (Å²) in [5.74, 6) is 1.75. The first-order valence-electron chi connectivity index (χ1n) is 9.28. The highest BCUT2D eigenvalue weighted by Gasteiger charge is 2.11. The quantitative estimate of drug-likeness (QED) is 0.577. The zero-order valence-electron chi connectivity index (χ0n) is 15.9. The lowest BCUT2D eigenvalue weighted by molar-refractivity contribution is 0.280. The number of hydrogen-bond acceptors (Lipinski definition) is 4. The number of likely N-dealkylation sites (N-methyl/N-ethyl adjacent to an activating group) is 1. The molecule has 1 heterocycles. The third-order valence-electron chi connectivity index (χ3n) is 4.48. The van der Waals surface area contributed by atoms with Crippen molar-refractivity contribution in [1.29, 1.82) is 0 Å². The van der Waals surface area contributed by atoms with Gasteiger partial charge in [-0.2, -0.15) is 0 Å². The van der Waals surface area contributed by atoms with Gasteiger partial charge in [-0.3, -0.25) is 0 Å². The third kappa shape index (κ3) is 6.92. The molecule has 6 heteroatoms. The van der Waals surface area contributed by atoms with Crippen LogP contribution in [0.1, 0.15) is 18.9 Å². The van der Waals surface area contributed by atoms with E-state index in [4.69, 9.17) is 9.73 Å². The molecule has 0 aromatic heterocycles. The molecule has 0 bridgehead atoms. The Hall–Kier alpha value is -1.79. The smallest absolute Gasteiger partial charge is 0.191 e. The Balaban J connectivity index is 1.83. The summed E-state index contributed by atoms with van der Waals surface area (Å²) in [5.41, 5.74) is 1.10. The molecule has 6 nitrogen and oxygen atoms in total. The van der Waals surface area contributed by atoms with Crippen molar-refractivity contribution < 1.29 is 4.74 Å². The maximum atomic E-state index is 5.40. The number of rotatable bonds is 7. The van der Waals surface area contributed by atoms with Crippen molar-refractivity contribution in [3.05, 3.63) is 29.8 Å². The van der Waals surface area contributed by atoms with Gasteiger partial charge in [0, 0.05) is 38.3 Å². The molecule has 1 saturated heterocycles. The molecular formula is C19H33N5O. The summed E-state index contributed by atoms with van der Waals surface area (Å²) < 4.78 is 5.40. The molecule has 25 heavy (non-hydrogen) atoms.